The summed E-state index contributed by atoms with van der Waals surface area (Å²) in [5.41, 5.74) is 7.21. The highest BCUT2D eigenvalue weighted by molar-refractivity contribution is 7.90. The molecule has 0 spiro atoms. The zero-order valence-electron chi connectivity index (χ0n) is 15.0. The van der Waals surface area contributed by atoms with Gasteiger partial charge in [-0.1, -0.05) is 40.9 Å². The highest BCUT2D eigenvalue weighted by Crippen LogP contribution is 2.39. The minimum absolute atomic E-state index is 0.112. The predicted molar refractivity (Wildman–Crippen MR) is 112 cm³/mol. The maximum absolute atomic E-state index is 13.0. The van der Waals surface area contributed by atoms with Crippen LogP contribution < -0.4 is 10.5 Å². The molecule has 7 nitrogen and oxygen atoms in total. The molecule has 0 fully saturated rings. The van der Waals surface area contributed by atoms with Crippen LogP contribution in [0, 0.1) is 6.92 Å². The monoisotopic (exact) mass is 448 g/mol. The van der Waals surface area contributed by atoms with E-state index in [0.29, 0.717) is 11.1 Å². The molecular formula is C19H14Cl2N4O3S. The van der Waals surface area contributed by atoms with Gasteiger partial charge in [-0.25, -0.2) is 22.4 Å². The van der Waals surface area contributed by atoms with Crippen molar-refractivity contribution in [1.29, 1.82) is 0 Å². The molecule has 0 bridgehead atoms. The Kier molecular flexibility index (Phi) is 4.85. The number of aromatic nitrogens is 3. The summed E-state index contributed by atoms with van der Waals surface area (Å²) in [7, 11) is -3.85. The molecule has 4 rings (SSSR count). The Hall–Kier alpha value is -2.81. The smallest absolute Gasteiger partial charge is 0.269 e. The third-order valence-electron chi connectivity index (χ3n) is 4.21. The van der Waals surface area contributed by atoms with E-state index in [4.69, 9.17) is 33.7 Å². The minimum Gasteiger partial charge on any atom is -0.435 e. The summed E-state index contributed by atoms with van der Waals surface area (Å²) in [4.78, 5) is 8.36. The second kappa shape index (κ2) is 7.22. The summed E-state index contributed by atoms with van der Waals surface area (Å²) in [6, 6.07) is 11.1. The molecule has 148 valence electrons. The van der Waals surface area contributed by atoms with E-state index in [2.05, 4.69) is 9.97 Å². The maximum atomic E-state index is 13.0. The predicted octanol–water partition coefficient (Wildman–Crippen LogP) is 4.66. The van der Waals surface area contributed by atoms with Crippen LogP contribution in [-0.2, 0) is 10.0 Å². The average Bonchev–Trinajstić information content (AvgIpc) is 3.10. The van der Waals surface area contributed by atoms with Gasteiger partial charge in [-0.3, -0.25) is 0 Å². The van der Waals surface area contributed by atoms with Gasteiger partial charge in [-0.2, -0.15) is 0 Å². The highest BCUT2D eigenvalue weighted by Gasteiger charge is 2.22. The number of hydrogen-bond donors (Lipinski definition) is 1. The van der Waals surface area contributed by atoms with Gasteiger partial charge < -0.3 is 10.5 Å². The van der Waals surface area contributed by atoms with Crippen LogP contribution in [0.15, 0.2) is 59.9 Å². The van der Waals surface area contributed by atoms with Gasteiger partial charge in [0.25, 0.3) is 10.0 Å². The molecule has 0 aliphatic carbocycles. The van der Waals surface area contributed by atoms with Crippen molar-refractivity contribution in [2.75, 3.05) is 5.73 Å². The van der Waals surface area contributed by atoms with Crippen molar-refractivity contribution in [3.05, 3.63) is 70.6 Å². The fourth-order valence-electron chi connectivity index (χ4n) is 2.78. The summed E-state index contributed by atoms with van der Waals surface area (Å²) in [6.07, 6.45) is 2.60. The van der Waals surface area contributed by atoms with Gasteiger partial charge in [-0.05, 0) is 37.3 Å². The molecule has 29 heavy (non-hydrogen) atoms. The normalized spacial score (nSPS) is 11.7. The number of anilines is 1. The topological polar surface area (TPSA) is 100 Å². The van der Waals surface area contributed by atoms with Gasteiger partial charge in [-0.15, -0.1) is 0 Å². The number of nitrogen functional groups attached to an aromatic ring is 1. The van der Waals surface area contributed by atoms with Crippen LogP contribution in [0.3, 0.4) is 0 Å². The van der Waals surface area contributed by atoms with E-state index in [0.717, 1.165) is 9.54 Å². The first-order valence-corrected chi connectivity index (χ1v) is 10.5. The van der Waals surface area contributed by atoms with E-state index in [1.54, 1.807) is 30.3 Å². The molecule has 0 aliphatic rings. The molecule has 2 aromatic carbocycles. The van der Waals surface area contributed by atoms with Gasteiger partial charge in [0, 0.05) is 11.9 Å². The van der Waals surface area contributed by atoms with Crippen LogP contribution in [-0.4, -0.2) is 22.4 Å². The maximum Gasteiger partial charge on any atom is 0.269 e. The molecular weight excluding hydrogens is 435 g/mol. The molecule has 0 amide bonds. The summed E-state index contributed by atoms with van der Waals surface area (Å²) in [6.45, 7) is 1.88. The molecule has 0 unspecified atom stereocenters. The van der Waals surface area contributed by atoms with E-state index >= 15 is 0 Å². The van der Waals surface area contributed by atoms with Crippen LogP contribution in [0.2, 0.25) is 10.0 Å². The molecule has 2 heterocycles. The van der Waals surface area contributed by atoms with Gasteiger partial charge in [0.05, 0.1) is 20.3 Å². The molecule has 0 atom stereocenters. The number of aryl methyl sites for hydroxylation is 1. The Labute approximate surface area is 176 Å². The van der Waals surface area contributed by atoms with Gasteiger partial charge in [0.15, 0.2) is 11.4 Å². The van der Waals surface area contributed by atoms with Gasteiger partial charge in [0.1, 0.15) is 6.33 Å². The average molecular weight is 449 g/mol. The number of hydrogen-bond acceptors (Lipinski definition) is 6. The summed E-state index contributed by atoms with van der Waals surface area (Å²) in [5, 5.41) is 0.786. The van der Waals surface area contributed by atoms with Crippen molar-refractivity contribution in [3.8, 4) is 11.6 Å². The fourth-order valence-corrected chi connectivity index (χ4v) is 4.66. The van der Waals surface area contributed by atoms with E-state index < -0.39 is 10.0 Å². The largest absolute Gasteiger partial charge is 0.435 e. The van der Waals surface area contributed by atoms with Crippen LogP contribution in [0.4, 0.5) is 5.69 Å². The molecule has 4 aromatic rings. The van der Waals surface area contributed by atoms with Gasteiger partial charge >= 0.3 is 0 Å². The zero-order valence-corrected chi connectivity index (χ0v) is 17.3. The van der Waals surface area contributed by atoms with Crippen LogP contribution >= 0.6 is 23.2 Å². The first-order chi connectivity index (χ1) is 13.8. The van der Waals surface area contributed by atoms with Gasteiger partial charge in [0.2, 0.25) is 5.88 Å². The number of halogens is 2. The van der Waals surface area contributed by atoms with E-state index in [1.165, 1.54) is 24.7 Å². The Balaban J connectivity index is 1.81. The number of nitrogens with two attached hydrogens (primary N) is 1. The Bertz CT molecular complexity index is 1310. The van der Waals surface area contributed by atoms with Crippen molar-refractivity contribution >= 4 is 49.9 Å². The van der Waals surface area contributed by atoms with Crippen molar-refractivity contribution < 1.29 is 13.2 Å². The molecule has 0 aliphatic heterocycles. The lowest BCUT2D eigenvalue weighted by Crippen LogP contribution is -2.12. The quantitative estimate of drug-likeness (QED) is 0.455. The second-order valence-corrected chi connectivity index (χ2v) is 8.89. The first-order valence-electron chi connectivity index (χ1n) is 8.34. The van der Waals surface area contributed by atoms with Crippen LogP contribution in [0.1, 0.15) is 5.56 Å². The lowest BCUT2D eigenvalue weighted by molar-refractivity contribution is 0.469. The third kappa shape index (κ3) is 3.50. The zero-order chi connectivity index (χ0) is 20.8. The molecule has 0 radical (unpaired) electrons. The third-order valence-corrected chi connectivity index (χ3v) is 6.45. The first kappa shape index (κ1) is 19.5. The van der Waals surface area contributed by atoms with E-state index in [-0.39, 0.29) is 32.2 Å². The van der Waals surface area contributed by atoms with Crippen molar-refractivity contribution in [2.24, 2.45) is 0 Å². The standard InChI is InChI=1S/C19H14Cl2N4O3S/c1-11-2-4-13(5-3-11)29(26,27)25-7-6-14-18(25)23-10-24-19(14)28-17-15(20)8-12(22)9-16(17)21/h2-10H,22H2,1H3. The lowest BCUT2D eigenvalue weighted by atomic mass is 10.2. The molecule has 2 N–H and O–H groups in total. The van der Waals surface area contributed by atoms with E-state index in [1.807, 2.05) is 6.92 Å². The lowest BCUT2D eigenvalue weighted by Gasteiger charge is -2.11. The number of ether oxygens (including phenoxy) is 1. The van der Waals surface area contributed by atoms with Crippen molar-refractivity contribution in [3.63, 3.8) is 0 Å². The summed E-state index contributed by atoms with van der Waals surface area (Å²) < 4.78 is 32.9. The minimum atomic E-state index is -3.85. The van der Waals surface area contributed by atoms with E-state index in [9.17, 15) is 8.42 Å². The highest BCUT2D eigenvalue weighted by atomic mass is 35.5. The summed E-state index contributed by atoms with van der Waals surface area (Å²) >= 11 is 12.3. The molecule has 10 heteroatoms. The number of nitrogens with zero attached hydrogens (tertiary/aromatic N) is 3. The van der Waals surface area contributed by atoms with Crippen molar-refractivity contribution in [2.45, 2.75) is 11.8 Å². The molecule has 2 aromatic heterocycles. The number of benzene rings is 2. The fraction of sp³-hybridized carbons (Fsp3) is 0.0526. The second-order valence-electron chi connectivity index (χ2n) is 6.26. The SMILES string of the molecule is Cc1ccc(S(=O)(=O)n2ccc3c(Oc4c(Cl)cc(N)cc4Cl)ncnc32)cc1. The van der Waals surface area contributed by atoms with Crippen molar-refractivity contribution in [1.82, 2.24) is 13.9 Å². The Morgan fingerprint density at radius 2 is 1.69 bits per heavy atom. The van der Waals surface area contributed by atoms with Crippen LogP contribution in [0.25, 0.3) is 11.0 Å². The molecule has 0 saturated heterocycles. The molecule has 0 saturated carbocycles. The van der Waals surface area contributed by atoms with Crippen LogP contribution in [0.5, 0.6) is 11.6 Å². The number of fused-ring (bicyclic) bond motifs is 1. The Morgan fingerprint density at radius 1 is 1.03 bits per heavy atom. The number of rotatable bonds is 4. The Morgan fingerprint density at radius 3 is 2.34 bits per heavy atom. The summed E-state index contributed by atoms with van der Waals surface area (Å²) in [5.74, 6) is 0.276.